The van der Waals surface area contributed by atoms with E-state index in [-0.39, 0.29) is 28.5 Å². The second kappa shape index (κ2) is 9.34. The van der Waals surface area contributed by atoms with Gasteiger partial charge in [-0.15, -0.1) is 0 Å². The first-order valence-electron chi connectivity index (χ1n) is 1.12. The summed E-state index contributed by atoms with van der Waals surface area (Å²) in [5, 5.41) is 7.60. The van der Waals surface area contributed by atoms with Crippen LogP contribution in [0.15, 0.2) is 12.7 Å². The van der Waals surface area contributed by atoms with Gasteiger partial charge in [-0.05, 0) is 0 Å². The van der Waals surface area contributed by atoms with Crippen molar-refractivity contribution in [2.45, 2.75) is 0 Å². The number of rotatable bonds is 1. The Morgan fingerprint density at radius 2 is 1.86 bits per heavy atom. The minimum atomic E-state index is -0.981. The first kappa shape index (κ1) is 15.8. The Kier molecular flexibility index (Phi) is 21.0. The Labute approximate surface area is 57.5 Å². The molecular formula is C3H8MgO3. The van der Waals surface area contributed by atoms with Crippen LogP contribution in [0.3, 0.4) is 0 Å². The van der Waals surface area contributed by atoms with E-state index in [0.717, 1.165) is 6.08 Å². The fourth-order valence-electron chi connectivity index (χ4n) is 0. The predicted octanol–water partition coefficient (Wildman–Crippen LogP) is -1.48. The fourth-order valence-corrected chi connectivity index (χ4v) is 0. The van der Waals surface area contributed by atoms with E-state index in [2.05, 4.69) is 6.58 Å². The van der Waals surface area contributed by atoms with Gasteiger partial charge in [-0.25, -0.2) is 4.79 Å². The van der Waals surface area contributed by atoms with Crippen LogP contribution < -0.4 is 0 Å². The van der Waals surface area contributed by atoms with Crippen LogP contribution in [0.5, 0.6) is 0 Å². The summed E-state index contributed by atoms with van der Waals surface area (Å²) in [6.45, 7) is 2.96. The third kappa shape index (κ3) is 24.5. The second-order valence-electron chi connectivity index (χ2n) is 0.542. The number of hydrogen-bond acceptors (Lipinski definition) is 1. The number of carboxylic acid groups (broad SMARTS) is 1. The van der Waals surface area contributed by atoms with E-state index < -0.39 is 5.97 Å². The van der Waals surface area contributed by atoms with Gasteiger partial charge >= 0.3 is 29.0 Å². The Bertz CT molecular complexity index is 61.2. The highest BCUT2D eigenvalue weighted by atomic mass is 24.3. The molecule has 7 heavy (non-hydrogen) atoms. The van der Waals surface area contributed by atoms with Crippen molar-refractivity contribution < 1.29 is 15.4 Å². The van der Waals surface area contributed by atoms with Gasteiger partial charge in [0.25, 0.3) is 0 Å². The van der Waals surface area contributed by atoms with Crippen LogP contribution in [0.1, 0.15) is 0 Å². The average molecular weight is 116 g/mol. The molecule has 0 aliphatic carbocycles. The van der Waals surface area contributed by atoms with E-state index in [1.807, 2.05) is 0 Å². The minimum Gasteiger partial charge on any atom is -0.478 e. The Morgan fingerprint density at radius 3 is 1.86 bits per heavy atom. The quantitative estimate of drug-likeness (QED) is 0.335. The van der Waals surface area contributed by atoms with Crippen LogP contribution in [0.25, 0.3) is 0 Å². The summed E-state index contributed by atoms with van der Waals surface area (Å²) < 4.78 is 0. The highest BCUT2D eigenvalue weighted by Crippen LogP contribution is 1.54. The van der Waals surface area contributed by atoms with Gasteiger partial charge < -0.3 is 10.6 Å². The molecule has 0 amide bonds. The van der Waals surface area contributed by atoms with E-state index in [1.54, 1.807) is 0 Å². The van der Waals surface area contributed by atoms with Gasteiger partial charge in [-0.2, -0.15) is 0 Å². The van der Waals surface area contributed by atoms with E-state index >= 15 is 0 Å². The molecule has 3 N–H and O–H groups in total. The maximum atomic E-state index is 9.25. The van der Waals surface area contributed by atoms with Gasteiger partial charge in [-0.1, -0.05) is 6.58 Å². The highest BCUT2D eigenvalue weighted by molar-refractivity contribution is 5.78. The first-order valence-corrected chi connectivity index (χ1v) is 1.12. The van der Waals surface area contributed by atoms with Gasteiger partial charge in [0, 0.05) is 6.08 Å². The second-order valence-corrected chi connectivity index (χ2v) is 0.542. The van der Waals surface area contributed by atoms with E-state index in [4.69, 9.17) is 5.11 Å². The molecule has 3 nitrogen and oxygen atoms in total. The largest absolute Gasteiger partial charge is 0.478 e. The highest BCUT2D eigenvalue weighted by Gasteiger charge is 1.73. The molecule has 0 aromatic carbocycles. The third-order valence-corrected chi connectivity index (χ3v) is 0.175. The number of hydrogen-bond donors (Lipinski definition) is 1. The maximum absolute atomic E-state index is 9.25. The Balaban J connectivity index is -0.0000000800. The van der Waals surface area contributed by atoms with Crippen molar-refractivity contribution in [3.8, 4) is 0 Å². The SMILES string of the molecule is C=CC(=O)O.O.[MgH2]. The summed E-state index contributed by atoms with van der Waals surface area (Å²) >= 11 is 0. The zero-order valence-electron chi connectivity index (χ0n) is 3.14. The molecule has 0 rings (SSSR count). The first-order chi connectivity index (χ1) is 2.27. The lowest BCUT2D eigenvalue weighted by Gasteiger charge is -1.64. The van der Waals surface area contributed by atoms with E-state index in [0.29, 0.717) is 0 Å². The molecule has 0 saturated carbocycles. The molecule has 0 spiro atoms. The molecule has 0 atom stereocenters. The molecule has 0 unspecified atom stereocenters. The van der Waals surface area contributed by atoms with Crippen molar-refractivity contribution in [1.82, 2.24) is 0 Å². The third-order valence-electron chi connectivity index (χ3n) is 0.175. The summed E-state index contributed by atoms with van der Waals surface area (Å²) in [4.78, 5) is 9.25. The standard InChI is InChI=1S/C3H4O2.Mg.H2O.2H/c1-2-3(4)5;;;;/h2H,1H2,(H,4,5);;1H2;;. The molecule has 40 valence electrons. The number of carbonyl (C=O) groups is 1. The lowest BCUT2D eigenvalue weighted by Crippen LogP contribution is -1.82. The summed E-state index contributed by atoms with van der Waals surface area (Å²) in [6.07, 6.45) is 0.833. The van der Waals surface area contributed by atoms with Crippen molar-refractivity contribution in [3.63, 3.8) is 0 Å². The van der Waals surface area contributed by atoms with Crippen molar-refractivity contribution in [2.75, 3.05) is 0 Å². The lowest BCUT2D eigenvalue weighted by molar-refractivity contribution is -0.131. The molecule has 0 heterocycles. The van der Waals surface area contributed by atoms with Crippen LogP contribution in [0.4, 0.5) is 0 Å². The Hall–Kier alpha value is -0.0638. The van der Waals surface area contributed by atoms with Crippen LogP contribution in [-0.4, -0.2) is 39.6 Å². The average Bonchev–Trinajstić information content (AvgIpc) is 1.38. The molecule has 0 fully saturated rings. The number of aliphatic carboxylic acids is 1. The maximum Gasteiger partial charge on any atom is 0.327 e. The molecular weight excluding hydrogens is 108 g/mol. The van der Waals surface area contributed by atoms with Gasteiger partial charge in [0.1, 0.15) is 0 Å². The fraction of sp³-hybridized carbons (Fsp3) is 0. The zero-order chi connectivity index (χ0) is 4.28. The van der Waals surface area contributed by atoms with Crippen LogP contribution in [0, 0.1) is 0 Å². The molecule has 4 heteroatoms. The van der Waals surface area contributed by atoms with Crippen LogP contribution >= 0.6 is 0 Å². The summed E-state index contributed by atoms with van der Waals surface area (Å²) in [6, 6.07) is 0. The molecule has 0 aromatic rings. The monoisotopic (exact) mass is 116 g/mol. The van der Waals surface area contributed by atoms with Crippen LogP contribution in [-0.2, 0) is 4.79 Å². The summed E-state index contributed by atoms with van der Waals surface area (Å²) in [7, 11) is 0. The summed E-state index contributed by atoms with van der Waals surface area (Å²) in [5.74, 6) is -0.981. The normalized spacial score (nSPS) is 4.57. The van der Waals surface area contributed by atoms with Crippen LogP contribution in [0.2, 0.25) is 0 Å². The zero-order valence-corrected chi connectivity index (χ0v) is 3.14. The molecule has 0 aliphatic heterocycles. The smallest absolute Gasteiger partial charge is 0.327 e. The molecule has 0 radical (unpaired) electrons. The summed E-state index contributed by atoms with van der Waals surface area (Å²) in [5.41, 5.74) is 0. The predicted molar refractivity (Wildman–Crippen MR) is 30.0 cm³/mol. The van der Waals surface area contributed by atoms with Crippen molar-refractivity contribution in [1.29, 1.82) is 0 Å². The lowest BCUT2D eigenvalue weighted by atomic mass is 10.7. The minimum absolute atomic E-state index is 0. The van der Waals surface area contributed by atoms with Gasteiger partial charge in [-0.3, -0.25) is 0 Å². The van der Waals surface area contributed by atoms with E-state index in [9.17, 15) is 4.79 Å². The molecule has 0 aliphatic rings. The van der Waals surface area contributed by atoms with Gasteiger partial charge in [0.05, 0.1) is 0 Å². The van der Waals surface area contributed by atoms with Crippen molar-refractivity contribution in [2.24, 2.45) is 0 Å². The molecule has 0 bridgehead atoms. The topological polar surface area (TPSA) is 68.8 Å². The molecule has 0 aromatic heterocycles. The Morgan fingerprint density at radius 1 is 1.71 bits per heavy atom. The number of carboxylic acids is 1. The molecule has 0 saturated heterocycles. The van der Waals surface area contributed by atoms with Gasteiger partial charge in [0.15, 0.2) is 0 Å². The van der Waals surface area contributed by atoms with Crippen molar-refractivity contribution >= 4 is 29.0 Å². The van der Waals surface area contributed by atoms with E-state index in [1.165, 1.54) is 0 Å². The van der Waals surface area contributed by atoms with Gasteiger partial charge in [0.2, 0.25) is 0 Å². The van der Waals surface area contributed by atoms with Crippen molar-refractivity contribution in [3.05, 3.63) is 12.7 Å².